The van der Waals surface area contributed by atoms with Crippen LogP contribution in [-0.2, 0) is 4.74 Å². The number of methoxy groups -OCH3 is 1. The maximum Gasteiger partial charge on any atom is 0.261 e. The number of fused-ring (bicyclic) bond motifs is 1. The molecule has 0 radical (unpaired) electrons. The minimum absolute atomic E-state index is 0. The van der Waals surface area contributed by atoms with Gasteiger partial charge in [-0.15, -0.1) is 23.7 Å². The zero-order valence-corrected chi connectivity index (χ0v) is 13.0. The Morgan fingerprint density at radius 1 is 1.25 bits per heavy atom. The number of thiophene rings is 1. The minimum atomic E-state index is -0.00487. The van der Waals surface area contributed by atoms with E-state index in [9.17, 15) is 4.79 Å². The maximum atomic E-state index is 12.0. The summed E-state index contributed by atoms with van der Waals surface area (Å²) in [6.07, 6.45) is 0. The Labute approximate surface area is 128 Å². The molecule has 1 aromatic heterocycles. The zero-order valence-electron chi connectivity index (χ0n) is 11.3. The number of rotatable bonds is 7. The fraction of sp³-hybridized carbons (Fsp3) is 0.357. The van der Waals surface area contributed by atoms with E-state index >= 15 is 0 Å². The molecule has 0 atom stereocenters. The lowest BCUT2D eigenvalue weighted by Crippen LogP contribution is -2.32. The van der Waals surface area contributed by atoms with Crippen LogP contribution in [0.1, 0.15) is 9.67 Å². The van der Waals surface area contributed by atoms with Gasteiger partial charge >= 0.3 is 0 Å². The van der Waals surface area contributed by atoms with E-state index in [1.807, 2.05) is 30.3 Å². The van der Waals surface area contributed by atoms with Crippen LogP contribution in [0.3, 0.4) is 0 Å². The standard InChI is InChI=1S/C14H18N2O2S.ClH/c1-18-9-8-15-6-7-16-14(17)13-10-11-4-2-3-5-12(11)19-13;/h2-5,10,15H,6-9H2,1H3,(H,16,17);1H. The largest absolute Gasteiger partial charge is 0.383 e. The van der Waals surface area contributed by atoms with Crippen molar-refractivity contribution in [3.63, 3.8) is 0 Å². The van der Waals surface area contributed by atoms with Crippen LogP contribution in [0.2, 0.25) is 0 Å². The van der Waals surface area contributed by atoms with Crippen LogP contribution in [0.25, 0.3) is 10.1 Å². The molecule has 0 unspecified atom stereocenters. The molecule has 1 heterocycles. The summed E-state index contributed by atoms with van der Waals surface area (Å²) in [5.41, 5.74) is 0. The first kappa shape index (κ1) is 16.9. The van der Waals surface area contributed by atoms with E-state index in [2.05, 4.69) is 10.6 Å². The second kappa shape index (κ2) is 8.92. The summed E-state index contributed by atoms with van der Waals surface area (Å²) >= 11 is 1.52. The zero-order chi connectivity index (χ0) is 13.5. The highest BCUT2D eigenvalue weighted by molar-refractivity contribution is 7.20. The Kier molecular flexibility index (Phi) is 7.54. The van der Waals surface area contributed by atoms with Crippen molar-refractivity contribution >= 4 is 39.7 Å². The molecule has 110 valence electrons. The van der Waals surface area contributed by atoms with E-state index in [1.165, 1.54) is 11.3 Å². The number of benzene rings is 1. The molecule has 1 aromatic carbocycles. The molecular formula is C14H19ClN2O2S. The van der Waals surface area contributed by atoms with Gasteiger partial charge in [-0.3, -0.25) is 4.79 Å². The van der Waals surface area contributed by atoms with Crippen LogP contribution >= 0.6 is 23.7 Å². The van der Waals surface area contributed by atoms with Gasteiger partial charge in [0, 0.05) is 31.4 Å². The van der Waals surface area contributed by atoms with Gasteiger partial charge in [-0.2, -0.15) is 0 Å². The normalized spacial score (nSPS) is 10.2. The van der Waals surface area contributed by atoms with E-state index in [1.54, 1.807) is 7.11 Å². The van der Waals surface area contributed by atoms with Crippen LogP contribution in [0.5, 0.6) is 0 Å². The van der Waals surface area contributed by atoms with Crippen molar-refractivity contribution in [1.82, 2.24) is 10.6 Å². The second-order valence-corrected chi connectivity index (χ2v) is 5.23. The van der Waals surface area contributed by atoms with Crippen molar-refractivity contribution in [3.8, 4) is 0 Å². The van der Waals surface area contributed by atoms with Gasteiger partial charge < -0.3 is 15.4 Å². The molecule has 0 saturated carbocycles. The molecule has 0 spiro atoms. The van der Waals surface area contributed by atoms with E-state index in [0.29, 0.717) is 13.2 Å². The van der Waals surface area contributed by atoms with Crippen LogP contribution in [0, 0.1) is 0 Å². The van der Waals surface area contributed by atoms with Gasteiger partial charge in [0.1, 0.15) is 0 Å². The first-order chi connectivity index (χ1) is 9.31. The molecule has 2 rings (SSSR count). The van der Waals surface area contributed by atoms with Crippen LogP contribution in [-0.4, -0.2) is 39.3 Å². The monoisotopic (exact) mass is 314 g/mol. The van der Waals surface area contributed by atoms with Crippen molar-refractivity contribution in [1.29, 1.82) is 0 Å². The number of amides is 1. The third kappa shape index (κ3) is 4.76. The molecule has 1 amide bonds. The van der Waals surface area contributed by atoms with Gasteiger partial charge in [0.15, 0.2) is 0 Å². The molecular weight excluding hydrogens is 296 g/mol. The predicted molar refractivity (Wildman–Crippen MR) is 86.2 cm³/mol. The highest BCUT2D eigenvalue weighted by atomic mass is 35.5. The number of hydrogen-bond acceptors (Lipinski definition) is 4. The van der Waals surface area contributed by atoms with Gasteiger partial charge in [-0.25, -0.2) is 0 Å². The molecule has 0 aliphatic carbocycles. The molecule has 0 fully saturated rings. The van der Waals surface area contributed by atoms with Crippen molar-refractivity contribution in [2.45, 2.75) is 0 Å². The quantitative estimate of drug-likeness (QED) is 0.771. The topological polar surface area (TPSA) is 50.4 Å². The lowest BCUT2D eigenvalue weighted by Gasteiger charge is -2.05. The second-order valence-electron chi connectivity index (χ2n) is 4.15. The average molecular weight is 315 g/mol. The van der Waals surface area contributed by atoms with Gasteiger partial charge in [0.2, 0.25) is 0 Å². The summed E-state index contributed by atoms with van der Waals surface area (Å²) in [5, 5.41) is 7.21. The van der Waals surface area contributed by atoms with Crippen LogP contribution in [0.4, 0.5) is 0 Å². The molecule has 0 aliphatic heterocycles. The summed E-state index contributed by atoms with van der Waals surface area (Å²) < 4.78 is 6.07. The molecule has 2 N–H and O–H groups in total. The fourth-order valence-electron chi connectivity index (χ4n) is 1.74. The first-order valence-electron chi connectivity index (χ1n) is 6.27. The Balaban J connectivity index is 0.00000200. The Hall–Kier alpha value is -1.14. The first-order valence-corrected chi connectivity index (χ1v) is 7.09. The van der Waals surface area contributed by atoms with Crippen molar-refractivity contribution in [2.75, 3.05) is 33.4 Å². The van der Waals surface area contributed by atoms with E-state index < -0.39 is 0 Å². The van der Waals surface area contributed by atoms with E-state index in [-0.39, 0.29) is 18.3 Å². The highest BCUT2D eigenvalue weighted by Crippen LogP contribution is 2.24. The molecule has 4 nitrogen and oxygen atoms in total. The fourth-order valence-corrected chi connectivity index (χ4v) is 2.72. The van der Waals surface area contributed by atoms with Crippen molar-refractivity contribution in [2.24, 2.45) is 0 Å². The number of carbonyl (C=O) groups excluding carboxylic acids is 1. The van der Waals surface area contributed by atoms with Gasteiger partial charge in [-0.1, -0.05) is 18.2 Å². The van der Waals surface area contributed by atoms with Gasteiger partial charge in [0.05, 0.1) is 11.5 Å². The molecule has 0 saturated heterocycles. The maximum absolute atomic E-state index is 12.0. The Morgan fingerprint density at radius 3 is 2.80 bits per heavy atom. The van der Waals surface area contributed by atoms with Crippen molar-refractivity contribution < 1.29 is 9.53 Å². The van der Waals surface area contributed by atoms with E-state index in [4.69, 9.17) is 4.74 Å². The smallest absolute Gasteiger partial charge is 0.261 e. The predicted octanol–water partition coefficient (Wildman–Crippen LogP) is 2.29. The van der Waals surface area contributed by atoms with Crippen molar-refractivity contribution in [3.05, 3.63) is 35.2 Å². The summed E-state index contributed by atoms with van der Waals surface area (Å²) in [4.78, 5) is 12.7. The number of halogens is 1. The summed E-state index contributed by atoms with van der Waals surface area (Å²) in [5.74, 6) is -0.00487. The van der Waals surface area contributed by atoms with Crippen LogP contribution < -0.4 is 10.6 Å². The third-order valence-electron chi connectivity index (χ3n) is 2.72. The lowest BCUT2D eigenvalue weighted by atomic mass is 10.2. The van der Waals surface area contributed by atoms with Gasteiger partial charge in [-0.05, 0) is 17.5 Å². The average Bonchev–Trinajstić information content (AvgIpc) is 2.86. The number of ether oxygens (including phenoxy) is 1. The van der Waals surface area contributed by atoms with Gasteiger partial charge in [0.25, 0.3) is 5.91 Å². The molecule has 0 aliphatic rings. The lowest BCUT2D eigenvalue weighted by molar-refractivity contribution is 0.0958. The molecule has 20 heavy (non-hydrogen) atoms. The molecule has 2 aromatic rings. The van der Waals surface area contributed by atoms with Crippen LogP contribution in [0.15, 0.2) is 30.3 Å². The highest BCUT2D eigenvalue weighted by Gasteiger charge is 2.08. The summed E-state index contributed by atoms with van der Waals surface area (Å²) in [6.45, 7) is 2.86. The minimum Gasteiger partial charge on any atom is -0.383 e. The molecule has 0 bridgehead atoms. The SMILES string of the molecule is COCCNCCNC(=O)c1cc2ccccc2s1.Cl. The Bertz CT molecular complexity index is 512. The molecule has 6 heteroatoms. The number of nitrogens with one attached hydrogen (secondary N) is 2. The summed E-state index contributed by atoms with van der Waals surface area (Å²) in [6, 6.07) is 9.96. The number of hydrogen-bond donors (Lipinski definition) is 2. The Morgan fingerprint density at radius 2 is 2.05 bits per heavy atom. The third-order valence-corrected chi connectivity index (χ3v) is 3.83. The number of carbonyl (C=O) groups is 1. The summed E-state index contributed by atoms with van der Waals surface area (Å²) in [7, 11) is 1.67. The van der Waals surface area contributed by atoms with E-state index in [0.717, 1.165) is 28.1 Å².